The van der Waals surface area contributed by atoms with Crippen LogP contribution in [0.25, 0.3) is 5.65 Å². The average molecular weight is 381 g/mol. The number of hydrogen-bond acceptors (Lipinski definition) is 4. The maximum atomic E-state index is 13.4. The van der Waals surface area contributed by atoms with Crippen LogP contribution in [-0.2, 0) is 11.3 Å². The van der Waals surface area contributed by atoms with E-state index in [1.807, 2.05) is 53.9 Å². The van der Waals surface area contributed by atoms with E-state index in [1.165, 1.54) is 0 Å². The van der Waals surface area contributed by atoms with Crippen LogP contribution < -0.4 is 0 Å². The van der Waals surface area contributed by atoms with Crippen LogP contribution in [0.15, 0.2) is 30.7 Å². The molecule has 0 radical (unpaired) electrons. The number of carbonyl (C=O) groups excluding carboxylic acids is 1. The molecule has 148 valence electrons. The number of aromatic nitrogens is 4. The number of fused-ring (bicyclic) bond motifs is 1. The summed E-state index contributed by atoms with van der Waals surface area (Å²) in [5.74, 6) is 1.33. The maximum Gasteiger partial charge on any atom is 0.272 e. The lowest BCUT2D eigenvalue weighted by Crippen LogP contribution is -2.40. The van der Waals surface area contributed by atoms with E-state index in [1.54, 1.807) is 7.11 Å². The topological polar surface area (TPSA) is 64.7 Å². The molecule has 4 heterocycles. The second-order valence-corrected chi connectivity index (χ2v) is 7.54. The van der Waals surface area contributed by atoms with Crippen molar-refractivity contribution in [1.82, 2.24) is 23.8 Å². The molecule has 3 aromatic rings. The van der Waals surface area contributed by atoms with E-state index in [2.05, 4.69) is 14.5 Å². The lowest BCUT2D eigenvalue weighted by molar-refractivity contribution is 0.0694. The highest BCUT2D eigenvalue weighted by molar-refractivity contribution is 5.94. The summed E-state index contributed by atoms with van der Waals surface area (Å²) >= 11 is 0. The summed E-state index contributed by atoms with van der Waals surface area (Å²) in [6.45, 7) is 6.83. The lowest BCUT2D eigenvalue weighted by atomic mass is 9.96. The fourth-order valence-corrected chi connectivity index (χ4v) is 4.10. The molecule has 0 N–H and O–H groups in total. The molecule has 3 aromatic heterocycles. The third kappa shape index (κ3) is 3.42. The predicted molar refractivity (Wildman–Crippen MR) is 107 cm³/mol. The summed E-state index contributed by atoms with van der Waals surface area (Å²) in [7, 11) is 1.71. The molecule has 28 heavy (non-hydrogen) atoms. The Labute approximate surface area is 165 Å². The minimum absolute atomic E-state index is 0.0496. The van der Waals surface area contributed by atoms with Crippen molar-refractivity contribution in [3.8, 4) is 0 Å². The second kappa shape index (κ2) is 7.75. The molecule has 0 unspecified atom stereocenters. The number of nitrogens with zero attached hydrogens (tertiary/aromatic N) is 5. The van der Waals surface area contributed by atoms with E-state index in [-0.39, 0.29) is 11.8 Å². The summed E-state index contributed by atoms with van der Waals surface area (Å²) < 4.78 is 9.26. The SMILES string of the molecule is COCCn1ccnc1[C@H]1CCCN(C(=O)c2c(C)nc3cc(C)ccn23)C1. The molecule has 7 nitrogen and oxygen atoms in total. The lowest BCUT2D eigenvalue weighted by Gasteiger charge is -2.32. The number of imidazole rings is 2. The molecule has 4 rings (SSSR count). The first kappa shape index (κ1) is 18.7. The van der Waals surface area contributed by atoms with E-state index in [0.717, 1.165) is 48.7 Å². The van der Waals surface area contributed by atoms with Crippen LogP contribution in [0.4, 0.5) is 0 Å². The van der Waals surface area contributed by atoms with E-state index in [0.29, 0.717) is 18.8 Å². The molecule has 1 aliphatic rings. The molecule has 0 saturated carbocycles. The maximum absolute atomic E-state index is 13.4. The van der Waals surface area contributed by atoms with Crippen molar-refractivity contribution in [3.05, 3.63) is 53.5 Å². The average Bonchev–Trinajstić information content (AvgIpc) is 3.29. The van der Waals surface area contributed by atoms with Crippen molar-refractivity contribution in [2.45, 2.75) is 39.2 Å². The van der Waals surface area contributed by atoms with Crippen LogP contribution in [0.3, 0.4) is 0 Å². The zero-order chi connectivity index (χ0) is 19.7. The molecule has 1 atom stereocenters. The highest BCUT2D eigenvalue weighted by Gasteiger charge is 2.30. The third-order valence-corrected chi connectivity index (χ3v) is 5.52. The minimum atomic E-state index is 0.0496. The van der Waals surface area contributed by atoms with E-state index >= 15 is 0 Å². The van der Waals surface area contributed by atoms with Gasteiger partial charge in [0.25, 0.3) is 5.91 Å². The van der Waals surface area contributed by atoms with Gasteiger partial charge in [-0.15, -0.1) is 0 Å². The number of piperidine rings is 1. The number of hydrogen-bond donors (Lipinski definition) is 0. The summed E-state index contributed by atoms with van der Waals surface area (Å²) in [6, 6.07) is 4.02. The zero-order valence-corrected chi connectivity index (χ0v) is 16.8. The summed E-state index contributed by atoms with van der Waals surface area (Å²) in [4.78, 5) is 24.5. The standard InChI is InChI=1S/C21H27N5O2/c1-15-6-9-26-18(13-15)23-16(2)19(26)21(27)25-8-4-5-17(14-25)20-22-7-10-24(20)11-12-28-3/h6-7,9-10,13,17H,4-5,8,11-12,14H2,1-3H3/t17-/m0/s1. The summed E-state index contributed by atoms with van der Waals surface area (Å²) in [5.41, 5.74) is 3.40. The predicted octanol–water partition coefficient (Wildman–Crippen LogP) is 2.81. The first-order valence-corrected chi connectivity index (χ1v) is 9.83. The highest BCUT2D eigenvalue weighted by Crippen LogP contribution is 2.27. The number of amides is 1. The van der Waals surface area contributed by atoms with Crippen LogP contribution in [0.1, 0.15) is 46.3 Å². The molecule has 0 aliphatic carbocycles. The number of carbonyl (C=O) groups is 1. The van der Waals surface area contributed by atoms with E-state index in [9.17, 15) is 4.79 Å². The van der Waals surface area contributed by atoms with Gasteiger partial charge in [0.05, 0.1) is 12.3 Å². The number of rotatable bonds is 5. The van der Waals surface area contributed by atoms with Gasteiger partial charge in [-0.1, -0.05) is 0 Å². The van der Waals surface area contributed by atoms with E-state index in [4.69, 9.17) is 4.74 Å². The van der Waals surface area contributed by atoms with Gasteiger partial charge in [0.1, 0.15) is 17.2 Å². The van der Waals surface area contributed by atoms with Crippen LogP contribution in [0, 0.1) is 13.8 Å². The molecule has 1 amide bonds. The number of likely N-dealkylation sites (tertiary alicyclic amines) is 1. The highest BCUT2D eigenvalue weighted by atomic mass is 16.5. The largest absolute Gasteiger partial charge is 0.383 e. The monoisotopic (exact) mass is 381 g/mol. The molecule has 0 bridgehead atoms. The Morgan fingerprint density at radius 3 is 3.00 bits per heavy atom. The Balaban J connectivity index is 1.58. The molecular formula is C21H27N5O2. The second-order valence-electron chi connectivity index (χ2n) is 7.54. The number of ether oxygens (including phenoxy) is 1. The normalized spacial score (nSPS) is 17.4. The van der Waals surface area contributed by atoms with Gasteiger partial charge in [-0.3, -0.25) is 9.20 Å². The van der Waals surface area contributed by atoms with E-state index < -0.39 is 0 Å². The summed E-state index contributed by atoms with van der Waals surface area (Å²) in [5, 5.41) is 0. The van der Waals surface area contributed by atoms with Gasteiger partial charge in [0.15, 0.2) is 0 Å². The Morgan fingerprint density at radius 2 is 2.18 bits per heavy atom. The van der Waals surface area contributed by atoms with Crippen molar-refractivity contribution < 1.29 is 9.53 Å². The molecule has 0 aromatic carbocycles. The van der Waals surface area contributed by atoms with Gasteiger partial charge < -0.3 is 14.2 Å². The van der Waals surface area contributed by atoms with Gasteiger partial charge in [-0.05, 0) is 44.4 Å². The smallest absolute Gasteiger partial charge is 0.272 e. The molecule has 1 aliphatic heterocycles. The van der Waals surface area contributed by atoms with Crippen molar-refractivity contribution in [2.75, 3.05) is 26.8 Å². The Hall–Kier alpha value is -2.67. The first-order valence-electron chi connectivity index (χ1n) is 9.83. The van der Waals surface area contributed by atoms with Crippen LogP contribution >= 0.6 is 0 Å². The molecule has 0 spiro atoms. The third-order valence-electron chi connectivity index (χ3n) is 5.52. The number of pyridine rings is 1. The van der Waals surface area contributed by atoms with Gasteiger partial charge in [-0.25, -0.2) is 9.97 Å². The Morgan fingerprint density at radius 1 is 1.32 bits per heavy atom. The molecule has 7 heteroatoms. The van der Waals surface area contributed by atoms with Crippen molar-refractivity contribution in [1.29, 1.82) is 0 Å². The molecule has 1 saturated heterocycles. The zero-order valence-electron chi connectivity index (χ0n) is 16.8. The van der Waals surface area contributed by atoms with Gasteiger partial charge in [0.2, 0.25) is 0 Å². The Kier molecular flexibility index (Phi) is 5.17. The van der Waals surface area contributed by atoms with Gasteiger partial charge in [0, 0.05) is 51.3 Å². The van der Waals surface area contributed by atoms with Crippen LogP contribution in [0.5, 0.6) is 0 Å². The Bertz CT molecular complexity index is 990. The van der Waals surface area contributed by atoms with Crippen molar-refractivity contribution in [2.24, 2.45) is 0 Å². The van der Waals surface area contributed by atoms with Crippen molar-refractivity contribution in [3.63, 3.8) is 0 Å². The molecular weight excluding hydrogens is 354 g/mol. The van der Waals surface area contributed by atoms with Crippen LogP contribution in [-0.4, -0.2) is 56.5 Å². The van der Waals surface area contributed by atoms with Crippen LogP contribution in [0.2, 0.25) is 0 Å². The fraction of sp³-hybridized carbons (Fsp3) is 0.476. The minimum Gasteiger partial charge on any atom is -0.383 e. The number of aryl methyl sites for hydroxylation is 2. The van der Waals surface area contributed by atoms with Gasteiger partial charge in [-0.2, -0.15) is 0 Å². The number of methoxy groups -OCH3 is 1. The first-order chi connectivity index (χ1) is 13.6. The van der Waals surface area contributed by atoms with Crippen molar-refractivity contribution >= 4 is 11.6 Å². The fourth-order valence-electron chi connectivity index (χ4n) is 4.10. The molecule has 1 fully saturated rings. The summed E-state index contributed by atoms with van der Waals surface area (Å²) in [6.07, 6.45) is 7.78. The van der Waals surface area contributed by atoms with Gasteiger partial charge >= 0.3 is 0 Å². The quantitative estimate of drug-likeness (QED) is 0.682.